The molecule has 1 fully saturated rings. The third-order valence-corrected chi connectivity index (χ3v) is 4.29. The van der Waals surface area contributed by atoms with Gasteiger partial charge in [-0.2, -0.15) is 13.2 Å². The third-order valence-electron chi connectivity index (χ3n) is 4.29. The molecule has 0 aliphatic carbocycles. The van der Waals surface area contributed by atoms with E-state index in [0.29, 0.717) is 37.8 Å². The van der Waals surface area contributed by atoms with Crippen molar-refractivity contribution in [2.45, 2.75) is 24.9 Å². The van der Waals surface area contributed by atoms with E-state index in [-0.39, 0.29) is 24.0 Å². The first-order chi connectivity index (χ1) is 13.4. The Labute approximate surface area is 157 Å². The summed E-state index contributed by atoms with van der Waals surface area (Å²) in [4.78, 5) is 24.2. The van der Waals surface area contributed by atoms with Crippen LogP contribution in [0.3, 0.4) is 0 Å². The minimum atomic E-state index is -4.48. The molecule has 0 atom stereocenters. The Morgan fingerprint density at radius 3 is 2.46 bits per heavy atom. The third kappa shape index (κ3) is 4.81. The standard InChI is InChI=1S/C18H16F4N4O2/c19-14(11-27)10-26-7-3-12(4-8-26)16-17(24-6-5-23-16)28-15-2-1-13(9-25-15)18(20,21)22/h1-2,5-6,9-12H,3-4,7-8H2. The van der Waals surface area contributed by atoms with Gasteiger partial charge in [-0.25, -0.2) is 14.4 Å². The molecule has 0 saturated carbocycles. The van der Waals surface area contributed by atoms with Crippen LogP contribution in [-0.2, 0) is 11.0 Å². The molecule has 0 aromatic carbocycles. The predicted octanol–water partition coefficient (Wildman–Crippen LogP) is 3.87. The number of alkyl halides is 3. The molecule has 1 aliphatic rings. The molecule has 0 N–H and O–H groups in total. The van der Waals surface area contributed by atoms with E-state index < -0.39 is 17.6 Å². The molecular weight excluding hydrogens is 380 g/mol. The molecular formula is C18H16F4N4O2. The summed E-state index contributed by atoms with van der Waals surface area (Å²) in [6, 6.07) is 2.00. The molecule has 148 valence electrons. The summed E-state index contributed by atoms with van der Waals surface area (Å²) in [5, 5.41) is 0. The Morgan fingerprint density at radius 2 is 1.86 bits per heavy atom. The second-order valence-corrected chi connectivity index (χ2v) is 6.17. The molecule has 2 aromatic heterocycles. The highest BCUT2D eigenvalue weighted by Gasteiger charge is 2.31. The predicted molar refractivity (Wildman–Crippen MR) is 90.1 cm³/mol. The second kappa shape index (κ2) is 8.32. The zero-order chi connectivity index (χ0) is 20.1. The van der Waals surface area contributed by atoms with Crippen LogP contribution in [0.2, 0.25) is 0 Å². The van der Waals surface area contributed by atoms with Crippen molar-refractivity contribution in [3.8, 4) is 11.8 Å². The number of carbonyl (C=O) groups excluding carboxylic acids is 1. The molecule has 1 saturated heterocycles. The zero-order valence-electron chi connectivity index (χ0n) is 14.6. The number of hydrogen-bond acceptors (Lipinski definition) is 6. The van der Waals surface area contributed by atoms with E-state index >= 15 is 0 Å². The number of ether oxygens (including phenoxy) is 1. The van der Waals surface area contributed by atoms with E-state index in [1.165, 1.54) is 18.6 Å². The zero-order valence-corrected chi connectivity index (χ0v) is 14.6. The van der Waals surface area contributed by atoms with Gasteiger partial charge in [-0.3, -0.25) is 9.78 Å². The number of rotatable bonds is 5. The summed E-state index contributed by atoms with van der Waals surface area (Å²) in [6.45, 7) is 1.03. The van der Waals surface area contributed by atoms with Crippen molar-refractivity contribution in [1.82, 2.24) is 19.9 Å². The van der Waals surface area contributed by atoms with E-state index in [1.54, 1.807) is 4.90 Å². The van der Waals surface area contributed by atoms with E-state index in [4.69, 9.17) is 4.74 Å². The van der Waals surface area contributed by atoms with Crippen molar-refractivity contribution in [2.75, 3.05) is 13.1 Å². The molecule has 10 heteroatoms. The Balaban J connectivity index is 1.71. The number of carbonyl (C=O) groups is 1. The molecule has 0 amide bonds. The van der Waals surface area contributed by atoms with Gasteiger partial charge in [-0.15, -0.1) is 0 Å². The molecule has 3 heterocycles. The molecule has 3 rings (SSSR count). The summed E-state index contributed by atoms with van der Waals surface area (Å²) in [5.74, 6) is -0.719. The average molecular weight is 396 g/mol. The lowest BCUT2D eigenvalue weighted by Gasteiger charge is -2.30. The quantitative estimate of drug-likeness (QED) is 0.434. The molecule has 2 aromatic rings. The first-order valence-corrected chi connectivity index (χ1v) is 8.45. The number of pyridine rings is 1. The fraction of sp³-hybridized carbons (Fsp3) is 0.333. The maximum atomic E-state index is 13.1. The number of allylic oxidation sites excluding steroid dienone is 1. The van der Waals surface area contributed by atoms with Crippen LogP contribution in [0.1, 0.15) is 30.0 Å². The monoisotopic (exact) mass is 396 g/mol. The van der Waals surface area contributed by atoms with Crippen molar-refractivity contribution < 1.29 is 27.1 Å². The van der Waals surface area contributed by atoms with Crippen LogP contribution in [0.25, 0.3) is 0 Å². The molecule has 0 unspecified atom stereocenters. The molecule has 1 aliphatic heterocycles. The van der Waals surface area contributed by atoms with E-state index in [2.05, 4.69) is 15.0 Å². The van der Waals surface area contributed by atoms with Gasteiger partial charge in [-0.1, -0.05) is 0 Å². The van der Waals surface area contributed by atoms with Gasteiger partial charge in [0, 0.05) is 49.9 Å². The van der Waals surface area contributed by atoms with Gasteiger partial charge in [0.1, 0.15) is 5.69 Å². The SMILES string of the molecule is O=CC(F)=CN1CCC(c2nccnc2Oc2ccc(C(F)(F)F)cn2)CC1. The first-order valence-electron chi connectivity index (χ1n) is 8.45. The largest absolute Gasteiger partial charge is 0.419 e. The van der Waals surface area contributed by atoms with E-state index in [1.807, 2.05) is 0 Å². The topological polar surface area (TPSA) is 68.2 Å². The van der Waals surface area contributed by atoms with Gasteiger partial charge < -0.3 is 9.64 Å². The molecule has 0 radical (unpaired) electrons. The van der Waals surface area contributed by atoms with Crippen molar-refractivity contribution in [3.05, 3.63) is 54.0 Å². The van der Waals surface area contributed by atoms with Gasteiger partial charge in [0.15, 0.2) is 12.1 Å². The van der Waals surface area contributed by atoms with Gasteiger partial charge >= 0.3 is 6.18 Å². The Morgan fingerprint density at radius 1 is 1.14 bits per heavy atom. The molecule has 6 nitrogen and oxygen atoms in total. The van der Waals surface area contributed by atoms with Crippen molar-refractivity contribution >= 4 is 6.29 Å². The van der Waals surface area contributed by atoms with Crippen LogP contribution in [0, 0.1) is 0 Å². The van der Waals surface area contributed by atoms with Crippen LogP contribution >= 0.6 is 0 Å². The highest BCUT2D eigenvalue weighted by molar-refractivity contribution is 5.69. The van der Waals surface area contributed by atoms with E-state index in [9.17, 15) is 22.4 Å². The lowest BCUT2D eigenvalue weighted by Crippen LogP contribution is -2.29. The molecule has 28 heavy (non-hydrogen) atoms. The lowest BCUT2D eigenvalue weighted by atomic mass is 9.93. The number of nitrogens with zero attached hydrogens (tertiary/aromatic N) is 4. The summed E-state index contributed by atoms with van der Waals surface area (Å²) < 4.78 is 56.5. The lowest BCUT2D eigenvalue weighted by molar-refractivity contribution is -0.137. The summed E-state index contributed by atoms with van der Waals surface area (Å²) in [5.41, 5.74) is -0.314. The van der Waals surface area contributed by atoms with Crippen LogP contribution in [0.4, 0.5) is 17.6 Å². The first kappa shape index (κ1) is 19.7. The fourth-order valence-corrected chi connectivity index (χ4v) is 2.91. The second-order valence-electron chi connectivity index (χ2n) is 6.17. The normalized spacial score (nSPS) is 16.1. The molecule has 0 spiro atoms. The van der Waals surface area contributed by atoms with Crippen LogP contribution < -0.4 is 4.74 Å². The van der Waals surface area contributed by atoms with E-state index in [0.717, 1.165) is 12.1 Å². The minimum absolute atomic E-state index is 0.0248. The van der Waals surface area contributed by atoms with Crippen molar-refractivity contribution in [1.29, 1.82) is 0 Å². The fourth-order valence-electron chi connectivity index (χ4n) is 2.91. The van der Waals surface area contributed by atoms with Crippen molar-refractivity contribution in [3.63, 3.8) is 0 Å². The number of hydrogen-bond donors (Lipinski definition) is 0. The van der Waals surface area contributed by atoms with Gasteiger partial charge in [0.05, 0.1) is 5.56 Å². The Hall–Kier alpha value is -3.04. The van der Waals surface area contributed by atoms with Crippen LogP contribution in [0.15, 0.2) is 42.8 Å². The van der Waals surface area contributed by atoms with Gasteiger partial charge in [0.2, 0.25) is 11.8 Å². The van der Waals surface area contributed by atoms with Crippen LogP contribution in [0.5, 0.6) is 11.8 Å². The number of aromatic nitrogens is 3. The Kier molecular flexibility index (Phi) is 5.86. The number of piperidine rings is 1. The number of halogens is 4. The Bertz CT molecular complexity index is 847. The van der Waals surface area contributed by atoms with Gasteiger partial charge in [0.25, 0.3) is 0 Å². The molecule has 0 bridgehead atoms. The van der Waals surface area contributed by atoms with Gasteiger partial charge in [-0.05, 0) is 18.9 Å². The highest BCUT2D eigenvalue weighted by atomic mass is 19.4. The summed E-state index contributed by atoms with van der Waals surface area (Å²) in [7, 11) is 0. The number of likely N-dealkylation sites (tertiary alicyclic amines) is 1. The minimum Gasteiger partial charge on any atom is -0.419 e. The highest BCUT2D eigenvalue weighted by Crippen LogP contribution is 2.34. The maximum Gasteiger partial charge on any atom is 0.417 e. The smallest absolute Gasteiger partial charge is 0.417 e. The summed E-state index contributed by atoms with van der Waals surface area (Å²) in [6.07, 6.45) is 1.70. The summed E-state index contributed by atoms with van der Waals surface area (Å²) >= 11 is 0. The van der Waals surface area contributed by atoms with Crippen molar-refractivity contribution in [2.24, 2.45) is 0 Å². The number of aldehydes is 1. The average Bonchev–Trinajstić information content (AvgIpc) is 2.69. The maximum absolute atomic E-state index is 13.1. The van der Waals surface area contributed by atoms with Crippen LogP contribution in [-0.4, -0.2) is 39.2 Å².